The van der Waals surface area contributed by atoms with Crippen molar-refractivity contribution in [1.29, 1.82) is 0 Å². The van der Waals surface area contributed by atoms with E-state index in [1.807, 2.05) is 36.1 Å². The molecule has 1 saturated heterocycles. The molecule has 0 atom stereocenters. The third-order valence-electron chi connectivity index (χ3n) is 7.04. The largest absolute Gasteiger partial charge is 0.488 e. The fourth-order valence-corrected chi connectivity index (χ4v) is 5.85. The quantitative estimate of drug-likeness (QED) is 0.346. The molecule has 1 aliphatic carbocycles. The summed E-state index contributed by atoms with van der Waals surface area (Å²) >= 11 is 4.30. The lowest BCUT2D eigenvalue weighted by molar-refractivity contribution is 0.0976. The Morgan fingerprint density at radius 1 is 1.00 bits per heavy atom. The van der Waals surface area contributed by atoms with Crippen molar-refractivity contribution in [2.75, 3.05) is 37.7 Å². The van der Waals surface area contributed by atoms with Crippen molar-refractivity contribution in [3.8, 4) is 16.9 Å². The molecular weight excluding hydrogens is 515 g/mol. The van der Waals surface area contributed by atoms with E-state index in [4.69, 9.17) is 4.74 Å². The molecule has 1 amide bonds. The number of rotatable bonds is 6. The molecular formula is C27H27FN2O5S2. The van der Waals surface area contributed by atoms with Crippen molar-refractivity contribution >= 4 is 34.9 Å². The Kier molecular flexibility index (Phi) is 7.04. The lowest BCUT2D eigenvalue weighted by atomic mass is 9.98. The van der Waals surface area contributed by atoms with Crippen LogP contribution in [0.5, 0.6) is 5.75 Å². The van der Waals surface area contributed by atoms with Gasteiger partial charge in [0, 0.05) is 49.6 Å². The summed E-state index contributed by atoms with van der Waals surface area (Å²) in [5.41, 5.74) is 7.03. The summed E-state index contributed by atoms with van der Waals surface area (Å²) in [5.74, 6) is 0.225. The van der Waals surface area contributed by atoms with Crippen LogP contribution in [0, 0.1) is 6.92 Å². The number of fused-ring (bicyclic) bond motifs is 3. The number of halogens is 1. The van der Waals surface area contributed by atoms with E-state index in [1.165, 1.54) is 23.3 Å². The number of hydrogen-bond donors (Lipinski definition) is 1. The second kappa shape index (κ2) is 10.3. The lowest BCUT2D eigenvalue weighted by Crippen LogP contribution is -2.49. The molecule has 5 rings (SSSR count). The smallest absolute Gasteiger partial charge is 0.448 e. The van der Waals surface area contributed by atoms with Crippen LogP contribution in [0.25, 0.3) is 11.1 Å². The zero-order chi connectivity index (χ0) is 26.2. The summed E-state index contributed by atoms with van der Waals surface area (Å²) in [4.78, 5) is 16.6. The van der Waals surface area contributed by atoms with Crippen molar-refractivity contribution in [2.24, 2.45) is 0 Å². The molecule has 37 heavy (non-hydrogen) atoms. The minimum absolute atomic E-state index is 0.00512. The molecule has 3 aromatic carbocycles. The number of carbonyl (C=O) groups excluding carboxylic acids is 1. The van der Waals surface area contributed by atoms with Gasteiger partial charge in [-0.2, -0.15) is 21.0 Å². The summed E-state index contributed by atoms with van der Waals surface area (Å²) in [5, 5.41) is 0. The minimum atomic E-state index is -5.15. The van der Waals surface area contributed by atoms with E-state index in [2.05, 4.69) is 41.1 Å². The van der Waals surface area contributed by atoms with Gasteiger partial charge in [-0.1, -0.05) is 52.4 Å². The van der Waals surface area contributed by atoms with Crippen LogP contribution in [0.15, 0.2) is 60.7 Å². The highest BCUT2D eigenvalue weighted by atomic mass is 32.3. The van der Waals surface area contributed by atoms with E-state index >= 15 is 0 Å². The summed E-state index contributed by atoms with van der Waals surface area (Å²) in [7, 11) is -5.15. The van der Waals surface area contributed by atoms with Gasteiger partial charge in [-0.25, -0.2) is 4.79 Å². The SMILES string of the molecule is Cc1c(CS)cc(OS(=O)(=O)F)cc1N1CCN(C(=O)OCC2c3ccccc3-c3ccccc32)CC1. The van der Waals surface area contributed by atoms with Gasteiger partial charge in [-0.3, -0.25) is 0 Å². The Morgan fingerprint density at radius 3 is 2.16 bits per heavy atom. The number of anilines is 1. The number of ether oxygens (including phenoxy) is 1. The van der Waals surface area contributed by atoms with E-state index in [9.17, 15) is 17.1 Å². The predicted molar refractivity (Wildman–Crippen MR) is 143 cm³/mol. The first kappa shape index (κ1) is 25.4. The van der Waals surface area contributed by atoms with Crippen LogP contribution in [-0.4, -0.2) is 52.2 Å². The van der Waals surface area contributed by atoms with Gasteiger partial charge in [-0.05, 0) is 46.4 Å². The topological polar surface area (TPSA) is 76.2 Å². The van der Waals surface area contributed by atoms with Gasteiger partial charge in [-0.15, -0.1) is 0 Å². The molecule has 0 radical (unpaired) electrons. The molecule has 0 unspecified atom stereocenters. The number of carbonyl (C=O) groups is 1. The van der Waals surface area contributed by atoms with E-state index in [-0.39, 0.29) is 24.4 Å². The maximum absolute atomic E-state index is 13.1. The van der Waals surface area contributed by atoms with Gasteiger partial charge in [0.25, 0.3) is 0 Å². The van der Waals surface area contributed by atoms with Crippen LogP contribution < -0.4 is 9.08 Å². The Bertz CT molecular complexity index is 1390. The van der Waals surface area contributed by atoms with Gasteiger partial charge in [0.2, 0.25) is 0 Å². The number of piperazine rings is 1. The maximum Gasteiger partial charge on any atom is 0.488 e. The van der Waals surface area contributed by atoms with E-state index in [1.54, 1.807) is 4.90 Å². The van der Waals surface area contributed by atoms with Crippen molar-refractivity contribution < 1.29 is 26.0 Å². The number of amides is 1. The second-order valence-electron chi connectivity index (χ2n) is 9.14. The van der Waals surface area contributed by atoms with Crippen LogP contribution in [0.4, 0.5) is 14.4 Å². The van der Waals surface area contributed by atoms with E-state index < -0.39 is 10.5 Å². The first-order chi connectivity index (χ1) is 17.7. The lowest BCUT2D eigenvalue weighted by Gasteiger charge is -2.36. The second-order valence-corrected chi connectivity index (χ2v) is 10.4. The Morgan fingerprint density at radius 2 is 1.59 bits per heavy atom. The molecule has 1 aliphatic heterocycles. The Labute approximate surface area is 221 Å². The first-order valence-corrected chi connectivity index (χ1v) is 13.9. The molecule has 3 aromatic rings. The average molecular weight is 543 g/mol. The predicted octanol–water partition coefficient (Wildman–Crippen LogP) is 5.09. The van der Waals surface area contributed by atoms with Crippen LogP contribution in [0.1, 0.15) is 28.2 Å². The third-order valence-corrected chi connectivity index (χ3v) is 7.77. The van der Waals surface area contributed by atoms with Gasteiger partial charge < -0.3 is 18.7 Å². The number of thiol groups is 1. The van der Waals surface area contributed by atoms with Crippen molar-refractivity contribution in [2.45, 2.75) is 18.6 Å². The zero-order valence-electron chi connectivity index (χ0n) is 20.3. The first-order valence-electron chi connectivity index (χ1n) is 12.0. The van der Waals surface area contributed by atoms with Gasteiger partial charge in [0.1, 0.15) is 12.4 Å². The molecule has 1 fully saturated rings. The molecule has 0 saturated carbocycles. The highest BCUT2D eigenvalue weighted by Gasteiger charge is 2.30. The standard InChI is InChI=1S/C27H27FN2O5S2/c1-18-19(17-36)14-20(35-37(28,32)33)15-26(18)29-10-12-30(13-11-29)27(31)34-16-25-23-8-4-2-6-21(23)22-7-3-5-9-24(22)25/h2-9,14-15,25,36H,10-13,16-17H2,1H3. The highest BCUT2D eigenvalue weighted by Crippen LogP contribution is 2.44. The molecule has 0 N–H and O–H groups in total. The molecule has 0 aromatic heterocycles. The summed E-state index contributed by atoms with van der Waals surface area (Å²) in [6.07, 6.45) is -0.366. The van der Waals surface area contributed by atoms with Crippen LogP contribution >= 0.6 is 12.6 Å². The van der Waals surface area contributed by atoms with Crippen molar-refractivity contribution in [1.82, 2.24) is 4.90 Å². The average Bonchev–Trinajstić information content (AvgIpc) is 3.21. The monoisotopic (exact) mass is 542 g/mol. The number of benzene rings is 3. The number of hydrogen-bond acceptors (Lipinski definition) is 7. The Hall–Kier alpha value is -3.24. The van der Waals surface area contributed by atoms with E-state index in [0.29, 0.717) is 31.9 Å². The fraction of sp³-hybridized carbons (Fsp3) is 0.296. The third kappa shape index (κ3) is 5.26. The van der Waals surface area contributed by atoms with Gasteiger partial charge in [0.15, 0.2) is 0 Å². The summed E-state index contributed by atoms with van der Waals surface area (Å²) < 4.78 is 45.4. The normalized spacial score (nSPS) is 15.3. The summed E-state index contributed by atoms with van der Waals surface area (Å²) in [6, 6.07) is 19.4. The van der Waals surface area contributed by atoms with Crippen LogP contribution in [0.3, 0.4) is 0 Å². The minimum Gasteiger partial charge on any atom is -0.448 e. The molecule has 194 valence electrons. The molecule has 1 heterocycles. The van der Waals surface area contributed by atoms with E-state index in [0.717, 1.165) is 27.9 Å². The fourth-order valence-electron chi connectivity index (χ4n) is 5.20. The van der Waals surface area contributed by atoms with Crippen molar-refractivity contribution in [3.05, 3.63) is 82.9 Å². The highest BCUT2D eigenvalue weighted by molar-refractivity contribution is 7.81. The Balaban J connectivity index is 1.24. The molecule has 7 nitrogen and oxygen atoms in total. The molecule has 2 aliphatic rings. The maximum atomic E-state index is 13.1. The van der Waals surface area contributed by atoms with Crippen molar-refractivity contribution in [3.63, 3.8) is 0 Å². The molecule has 0 bridgehead atoms. The van der Waals surface area contributed by atoms with Gasteiger partial charge >= 0.3 is 16.6 Å². The summed E-state index contributed by atoms with van der Waals surface area (Å²) in [6.45, 7) is 4.02. The zero-order valence-corrected chi connectivity index (χ0v) is 22.0. The van der Waals surface area contributed by atoms with Gasteiger partial charge in [0.05, 0.1) is 0 Å². The van der Waals surface area contributed by atoms with Crippen LogP contribution in [-0.2, 0) is 21.0 Å². The number of nitrogens with zero attached hydrogens (tertiary/aromatic N) is 2. The van der Waals surface area contributed by atoms with Crippen LogP contribution in [0.2, 0.25) is 0 Å². The molecule has 0 spiro atoms. The molecule has 10 heteroatoms.